The first-order valence-corrected chi connectivity index (χ1v) is 12.4. The van der Waals surface area contributed by atoms with Crippen molar-refractivity contribution >= 4 is 39.7 Å². The highest BCUT2D eigenvalue weighted by atomic mass is 35.5. The highest BCUT2D eigenvalue weighted by molar-refractivity contribution is 7.19. The van der Waals surface area contributed by atoms with Gasteiger partial charge < -0.3 is 14.7 Å². The summed E-state index contributed by atoms with van der Waals surface area (Å²) in [6, 6.07) is 14.0. The minimum atomic E-state index is -0.0968. The number of hydrogen-bond acceptors (Lipinski definition) is 6. The molecule has 1 amide bonds. The molecule has 0 atom stereocenters. The molecule has 1 fully saturated rings. The average Bonchev–Trinajstić information content (AvgIpc) is 3.52. The first-order chi connectivity index (χ1) is 16.0. The lowest BCUT2D eigenvalue weighted by atomic mass is 10.0. The number of carbonyl (C=O) groups is 1. The number of hydrogen-bond donors (Lipinski definition) is 1. The van der Waals surface area contributed by atoms with E-state index in [1.807, 2.05) is 42.5 Å². The minimum absolute atomic E-state index is 0.0968. The number of aromatic nitrogens is 3. The van der Waals surface area contributed by atoms with Crippen LogP contribution in [0.2, 0.25) is 4.34 Å². The van der Waals surface area contributed by atoms with Crippen molar-refractivity contribution in [3.8, 4) is 10.6 Å². The predicted molar refractivity (Wildman–Crippen MR) is 131 cm³/mol. The quantitative estimate of drug-likeness (QED) is 0.415. The SMILES string of the molecule is CC(C)N1CCC(NC(=O)c2c3ccccc3nn2Cc2cc(-c3ccc(Cl)s3)on2)CC1. The summed E-state index contributed by atoms with van der Waals surface area (Å²) in [6.07, 6.45) is 1.90. The third-order valence-electron chi connectivity index (χ3n) is 6.14. The van der Waals surface area contributed by atoms with E-state index in [0.29, 0.717) is 34.1 Å². The summed E-state index contributed by atoms with van der Waals surface area (Å²) < 4.78 is 7.94. The predicted octanol–water partition coefficient (Wildman–Crippen LogP) is 5.06. The molecule has 1 aliphatic heterocycles. The molecular formula is C24H26ClN5O2S. The number of amides is 1. The molecule has 0 unspecified atom stereocenters. The molecule has 1 N–H and O–H groups in total. The number of fused-ring (bicyclic) bond motifs is 1. The van der Waals surface area contributed by atoms with Gasteiger partial charge in [-0.3, -0.25) is 9.48 Å². The van der Waals surface area contributed by atoms with Crippen molar-refractivity contribution in [2.75, 3.05) is 13.1 Å². The summed E-state index contributed by atoms with van der Waals surface area (Å²) >= 11 is 7.48. The monoisotopic (exact) mass is 483 g/mol. The van der Waals surface area contributed by atoms with Crippen LogP contribution in [0.4, 0.5) is 0 Å². The lowest BCUT2D eigenvalue weighted by Gasteiger charge is -2.34. The van der Waals surface area contributed by atoms with E-state index < -0.39 is 0 Å². The van der Waals surface area contributed by atoms with E-state index in [2.05, 4.69) is 29.2 Å². The number of thiophene rings is 1. The van der Waals surface area contributed by atoms with Gasteiger partial charge in [0.05, 0.1) is 21.3 Å². The second-order valence-corrected chi connectivity index (χ2v) is 10.4. The van der Waals surface area contributed by atoms with Crippen LogP contribution in [0.3, 0.4) is 0 Å². The number of nitrogens with zero attached hydrogens (tertiary/aromatic N) is 4. The zero-order valence-electron chi connectivity index (χ0n) is 18.6. The number of rotatable bonds is 6. The van der Waals surface area contributed by atoms with Gasteiger partial charge in [-0.05, 0) is 44.9 Å². The van der Waals surface area contributed by atoms with E-state index in [4.69, 9.17) is 21.2 Å². The van der Waals surface area contributed by atoms with Gasteiger partial charge in [0.15, 0.2) is 5.76 Å². The van der Waals surface area contributed by atoms with E-state index in [9.17, 15) is 4.79 Å². The number of benzene rings is 1. The Morgan fingerprint density at radius 3 is 2.76 bits per heavy atom. The number of halogens is 1. The number of piperidine rings is 1. The van der Waals surface area contributed by atoms with E-state index in [1.54, 1.807) is 4.68 Å². The number of likely N-dealkylation sites (tertiary alicyclic amines) is 1. The Morgan fingerprint density at radius 2 is 2.03 bits per heavy atom. The molecular weight excluding hydrogens is 458 g/mol. The van der Waals surface area contributed by atoms with Gasteiger partial charge in [-0.1, -0.05) is 35.0 Å². The standard InChI is InChI=1S/C24H26ClN5O2S/c1-15(2)29-11-9-16(10-12-29)26-24(31)23-18-5-3-4-6-19(18)27-30(23)14-17-13-20(32-28-17)21-7-8-22(25)33-21/h3-8,13,15-16H,9-12,14H2,1-2H3,(H,26,31). The van der Waals surface area contributed by atoms with Crippen LogP contribution in [0.5, 0.6) is 0 Å². The fourth-order valence-corrected chi connectivity index (χ4v) is 5.34. The van der Waals surface area contributed by atoms with E-state index in [1.165, 1.54) is 11.3 Å². The molecule has 172 valence electrons. The van der Waals surface area contributed by atoms with Crippen LogP contribution < -0.4 is 5.32 Å². The van der Waals surface area contributed by atoms with Crippen molar-refractivity contribution in [1.29, 1.82) is 0 Å². The Morgan fingerprint density at radius 1 is 1.24 bits per heavy atom. The van der Waals surface area contributed by atoms with Gasteiger partial charge in [0.25, 0.3) is 5.91 Å². The van der Waals surface area contributed by atoms with Crippen LogP contribution in [-0.2, 0) is 6.54 Å². The van der Waals surface area contributed by atoms with E-state index >= 15 is 0 Å². The number of carbonyl (C=O) groups excluding carboxylic acids is 1. The summed E-state index contributed by atoms with van der Waals surface area (Å²) in [4.78, 5) is 16.8. The summed E-state index contributed by atoms with van der Waals surface area (Å²) in [6.45, 7) is 6.76. The van der Waals surface area contributed by atoms with Gasteiger partial charge in [-0.2, -0.15) is 5.10 Å². The summed E-state index contributed by atoms with van der Waals surface area (Å²) in [5.41, 5.74) is 2.04. The molecule has 1 saturated heterocycles. The van der Waals surface area contributed by atoms with Gasteiger partial charge in [0, 0.05) is 36.6 Å². The van der Waals surface area contributed by atoms with Crippen molar-refractivity contribution in [2.24, 2.45) is 0 Å². The number of nitrogens with one attached hydrogen (secondary N) is 1. The van der Waals surface area contributed by atoms with E-state index in [0.717, 1.165) is 41.7 Å². The lowest BCUT2D eigenvalue weighted by Crippen LogP contribution is -2.47. The molecule has 0 spiro atoms. The van der Waals surface area contributed by atoms with Crippen LogP contribution in [0.15, 0.2) is 47.0 Å². The molecule has 1 aliphatic rings. The highest BCUT2D eigenvalue weighted by Crippen LogP contribution is 2.31. The lowest BCUT2D eigenvalue weighted by molar-refractivity contribution is 0.0892. The molecule has 3 aromatic heterocycles. The van der Waals surface area contributed by atoms with Gasteiger partial charge >= 0.3 is 0 Å². The van der Waals surface area contributed by atoms with Gasteiger partial charge in [0.2, 0.25) is 0 Å². The van der Waals surface area contributed by atoms with Crippen molar-refractivity contribution in [1.82, 2.24) is 25.2 Å². The fraction of sp³-hybridized carbons (Fsp3) is 0.375. The Labute approximate surface area is 201 Å². The van der Waals surface area contributed by atoms with Crippen molar-refractivity contribution < 1.29 is 9.32 Å². The van der Waals surface area contributed by atoms with Crippen LogP contribution in [0.1, 0.15) is 42.9 Å². The summed E-state index contributed by atoms with van der Waals surface area (Å²) in [7, 11) is 0. The Bertz CT molecular complexity index is 1270. The largest absolute Gasteiger partial charge is 0.355 e. The van der Waals surface area contributed by atoms with Crippen LogP contribution in [0.25, 0.3) is 21.5 Å². The average molecular weight is 484 g/mol. The highest BCUT2D eigenvalue weighted by Gasteiger charge is 2.25. The van der Waals surface area contributed by atoms with Crippen LogP contribution in [-0.4, -0.2) is 50.9 Å². The fourth-order valence-electron chi connectivity index (χ4n) is 4.35. The van der Waals surface area contributed by atoms with Gasteiger partial charge in [0.1, 0.15) is 11.4 Å². The molecule has 4 aromatic rings. The Balaban J connectivity index is 1.38. The maximum atomic E-state index is 13.4. The smallest absolute Gasteiger partial charge is 0.270 e. The minimum Gasteiger partial charge on any atom is -0.355 e. The first kappa shape index (κ1) is 22.1. The maximum Gasteiger partial charge on any atom is 0.270 e. The Hall–Kier alpha value is -2.68. The molecule has 0 saturated carbocycles. The van der Waals surface area contributed by atoms with Gasteiger partial charge in [-0.15, -0.1) is 11.3 Å². The zero-order valence-corrected chi connectivity index (χ0v) is 20.2. The molecule has 33 heavy (non-hydrogen) atoms. The molecule has 0 aliphatic carbocycles. The first-order valence-electron chi connectivity index (χ1n) is 11.2. The Kier molecular flexibility index (Phi) is 6.23. The molecule has 9 heteroatoms. The van der Waals surface area contributed by atoms with E-state index in [-0.39, 0.29) is 11.9 Å². The maximum absolute atomic E-state index is 13.4. The topological polar surface area (TPSA) is 76.2 Å². The van der Waals surface area contributed by atoms with Crippen molar-refractivity contribution in [3.63, 3.8) is 0 Å². The van der Waals surface area contributed by atoms with Crippen LogP contribution >= 0.6 is 22.9 Å². The van der Waals surface area contributed by atoms with Crippen LogP contribution in [0, 0.1) is 0 Å². The summed E-state index contributed by atoms with van der Waals surface area (Å²) in [5, 5.41) is 13.0. The molecule has 0 radical (unpaired) electrons. The molecule has 5 rings (SSSR count). The summed E-state index contributed by atoms with van der Waals surface area (Å²) in [5.74, 6) is 0.557. The molecule has 0 bridgehead atoms. The third-order valence-corrected chi connectivity index (χ3v) is 7.39. The second-order valence-electron chi connectivity index (χ2n) is 8.69. The molecule has 1 aromatic carbocycles. The molecule has 7 nitrogen and oxygen atoms in total. The zero-order chi connectivity index (χ0) is 22.9. The normalized spacial score (nSPS) is 15.5. The third kappa shape index (κ3) is 4.69. The second kappa shape index (κ2) is 9.29. The van der Waals surface area contributed by atoms with Crippen molar-refractivity contribution in [2.45, 2.75) is 45.3 Å². The van der Waals surface area contributed by atoms with Gasteiger partial charge in [-0.25, -0.2) is 0 Å². The molecule has 4 heterocycles. The van der Waals surface area contributed by atoms with Crippen molar-refractivity contribution in [3.05, 3.63) is 58.2 Å².